The molecule has 0 aliphatic carbocycles. The summed E-state index contributed by atoms with van der Waals surface area (Å²) in [5.41, 5.74) is 4.51. The van der Waals surface area contributed by atoms with Crippen LogP contribution in [-0.2, 0) is 6.42 Å². The van der Waals surface area contributed by atoms with Crippen molar-refractivity contribution in [2.75, 3.05) is 31.1 Å². The summed E-state index contributed by atoms with van der Waals surface area (Å²) in [6.07, 6.45) is 4.86. The molecular weight excluding hydrogens is 308 g/mol. The normalized spacial score (nSPS) is 17.8. The molecule has 1 N–H and O–H groups in total. The Morgan fingerprint density at radius 3 is 2.87 bits per heavy atom. The number of aliphatic imine (C=N–C) groups is 1. The maximum absolute atomic E-state index is 6.23. The van der Waals surface area contributed by atoms with E-state index in [0.717, 1.165) is 60.0 Å². The van der Waals surface area contributed by atoms with Crippen LogP contribution in [0, 0.1) is 0 Å². The van der Waals surface area contributed by atoms with Gasteiger partial charge in [0.25, 0.3) is 0 Å². The van der Waals surface area contributed by atoms with Crippen molar-refractivity contribution in [2.24, 2.45) is 4.99 Å². The molecule has 2 aromatic rings. The topological polar surface area (TPSA) is 40.5 Å². The average molecular weight is 327 g/mol. The van der Waals surface area contributed by atoms with Gasteiger partial charge in [0.1, 0.15) is 5.69 Å². The summed E-state index contributed by atoms with van der Waals surface area (Å²) in [6, 6.07) is 5.93. The molecule has 1 aromatic heterocycles. The predicted octanol–water partition coefficient (Wildman–Crippen LogP) is 3.50. The number of halogens is 1. The Labute approximate surface area is 140 Å². The molecule has 23 heavy (non-hydrogen) atoms. The van der Waals surface area contributed by atoms with E-state index in [9.17, 15) is 0 Å². The third kappa shape index (κ3) is 2.73. The number of fused-ring (bicyclic) bond motifs is 3. The van der Waals surface area contributed by atoms with E-state index >= 15 is 0 Å². The van der Waals surface area contributed by atoms with E-state index in [0.29, 0.717) is 0 Å². The lowest BCUT2D eigenvalue weighted by Gasteiger charge is -2.30. The number of anilines is 1. The second kappa shape index (κ2) is 5.95. The van der Waals surface area contributed by atoms with Crippen molar-refractivity contribution in [2.45, 2.75) is 13.3 Å². The van der Waals surface area contributed by atoms with Gasteiger partial charge < -0.3 is 10.2 Å². The summed E-state index contributed by atoms with van der Waals surface area (Å²) in [5.74, 6) is 0.996. The third-order valence-electron chi connectivity index (χ3n) is 4.44. The van der Waals surface area contributed by atoms with Gasteiger partial charge in [-0.15, -0.1) is 0 Å². The van der Waals surface area contributed by atoms with E-state index in [1.165, 1.54) is 11.1 Å². The lowest BCUT2D eigenvalue weighted by molar-refractivity contribution is 0.585. The number of benzene rings is 1. The highest BCUT2D eigenvalue weighted by atomic mass is 35.5. The van der Waals surface area contributed by atoms with E-state index < -0.39 is 0 Å². The van der Waals surface area contributed by atoms with Gasteiger partial charge in [0.2, 0.25) is 0 Å². The molecule has 0 amide bonds. The van der Waals surface area contributed by atoms with Gasteiger partial charge in [-0.1, -0.05) is 17.2 Å². The fraction of sp³-hybridized carbons (Fsp3) is 0.333. The Morgan fingerprint density at radius 1 is 1.22 bits per heavy atom. The molecule has 5 heteroatoms. The maximum atomic E-state index is 6.23. The minimum Gasteiger partial charge on any atom is -0.352 e. The van der Waals surface area contributed by atoms with Crippen LogP contribution in [0.3, 0.4) is 0 Å². The van der Waals surface area contributed by atoms with Crippen LogP contribution in [0.2, 0.25) is 5.02 Å². The predicted molar refractivity (Wildman–Crippen MR) is 97.4 cm³/mol. The first-order chi connectivity index (χ1) is 11.2. The van der Waals surface area contributed by atoms with Gasteiger partial charge in [-0.25, -0.2) is 4.98 Å². The SMILES string of the molecule is CC1=CC=Nc2c(N3CCNCC3)nc3ccc(Cl)cc3c2C1. The summed E-state index contributed by atoms with van der Waals surface area (Å²) in [7, 11) is 0. The van der Waals surface area contributed by atoms with Crippen LogP contribution >= 0.6 is 11.6 Å². The fourth-order valence-corrected chi connectivity index (χ4v) is 3.44. The lowest BCUT2D eigenvalue weighted by atomic mass is 10.00. The molecule has 0 saturated carbocycles. The van der Waals surface area contributed by atoms with E-state index in [4.69, 9.17) is 21.6 Å². The van der Waals surface area contributed by atoms with E-state index in [2.05, 4.69) is 23.2 Å². The first-order valence-corrected chi connectivity index (χ1v) is 8.38. The number of nitrogens with zero attached hydrogens (tertiary/aromatic N) is 3. The van der Waals surface area contributed by atoms with Crippen molar-refractivity contribution in [3.8, 4) is 0 Å². The van der Waals surface area contributed by atoms with E-state index in [1.54, 1.807) is 0 Å². The molecule has 0 bridgehead atoms. The summed E-state index contributed by atoms with van der Waals surface area (Å²) in [4.78, 5) is 12.0. The number of allylic oxidation sites excluding steroid dienone is 2. The molecule has 1 fully saturated rings. The molecular formula is C18H19ClN4. The Kier molecular flexibility index (Phi) is 3.79. The van der Waals surface area contributed by atoms with Gasteiger partial charge in [0.15, 0.2) is 5.82 Å². The number of hydrogen-bond donors (Lipinski definition) is 1. The van der Waals surface area contributed by atoms with Crippen molar-refractivity contribution in [1.29, 1.82) is 0 Å². The van der Waals surface area contributed by atoms with Crippen LogP contribution in [0.4, 0.5) is 11.5 Å². The zero-order valence-corrected chi connectivity index (χ0v) is 13.9. The summed E-state index contributed by atoms with van der Waals surface area (Å²) >= 11 is 6.23. The molecule has 0 atom stereocenters. The largest absolute Gasteiger partial charge is 0.352 e. The molecule has 1 aromatic carbocycles. The fourth-order valence-electron chi connectivity index (χ4n) is 3.27. The van der Waals surface area contributed by atoms with Gasteiger partial charge >= 0.3 is 0 Å². The molecule has 2 aliphatic heterocycles. The lowest BCUT2D eigenvalue weighted by Crippen LogP contribution is -2.44. The maximum Gasteiger partial charge on any atom is 0.155 e. The number of nitrogens with one attached hydrogen (secondary N) is 1. The van der Waals surface area contributed by atoms with Crippen molar-refractivity contribution in [1.82, 2.24) is 10.3 Å². The number of aromatic nitrogens is 1. The Bertz CT molecular complexity index is 819. The minimum absolute atomic E-state index is 0.742. The van der Waals surface area contributed by atoms with Gasteiger partial charge in [-0.3, -0.25) is 4.99 Å². The molecule has 118 valence electrons. The van der Waals surface area contributed by atoms with Gasteiger partial charge in [0.05, 0.1) is 5.52 Å². The van der Waals surface area contributed by atoms with E-state index in [1.807, 2.05) is 24.4 Å². The quantitative estimate of drug-likeness (QED) is 0.872. The Morgan fingerprint density at radius 2 is 2.04 bits per heavy atom. The van der Waals surface area contributed by atoms with Crippen LogP contribution in [0.25, 0.3) is 10.9 Å². The molecule has 3 heterocycles. The van der Waals surface area contributed by atoms with Crippen LogP contribution in [0.15, 0.2) is 34.8 Å². The summed E-state index contributed by atoms with van der Waals surface area (Å²) in [6.45, 7) is 6.02. The number of pyridine rings is 1. The molecule has 2 aliphatic rings. The first-order valence-electron chi connectivity index (χ1n) is 8.00. The monoisotopic (exact) mass is 326 g/mol. The van der Waals surface area contributed by atoms with Gasteiger partial charge in [-0.2, -0.15) is 0 Å². The molecule has 4 nitrogen and oxygen atoms in total. The first kappa shape index (κ1) is 14.7. The van der Waals surface area contributed by atoms with Crippen LogP contribution in [-0.4, -0.2) is 37.4 Å². The highest BCUT2D eigenvalue weighted by Crippen LogP contribution is 2.39. The van der Waals surface area contributed by atoms with E-state index in [-0.39, 0.29) is 0 Å². The minimum atomic E-state index is 0.742. The van der Waals surface area contributed by atoms with Crippen LogP contribution in [0.5, 0.6) is 0 Å². The second-order valence-corrected chi connectivity index (χ2v) is 6.57. The Balaban J connectivity index is 1.97. The average Bonchev–Trinajstić information content (AvgIpc) is 2.76. The van der Waals surface area contributed by atoms with Crippen molar-refractivity contribution in [3.63, 3.8) is 0 Å². The number of piperazine rings is 1. The zero-order chi connectivity index (χ0) is 15.8. The molecule has 0 spiro atoms. The number of rotatable bonds is 1. The van der Waals surface area contributed by atoms with Crippen LogP contribution < -0.4 is 10.2 Å². The Hall–Kier alpha value is -1.91. The second-order valence-electron chi connectivity index (χ2n) is 6.13. The third-order valence-corrected chi connectivity index (χ3v) is 4.68. The van der Waals surface area contributed by atoms with Crippen molar-refractivity contribution >= 4 is 40.2 Å². The zero-order valence-electron chi connectivity index (χ0n) is 13.1. The van der Waals surface area contributed by atoms with Crippen molar-refractivity contribution < 1.29 is 0 Å². The highest BCUT2D eigenvalue weighted by Gasteiger charge is 2.21. The van der Waals surface area contributed by atoms with Crippen LogP contribution in [0.1, 0.15) is 12.5 Å². The molecule has 1 saturated heterocycles. The van der Waals surface area contributed by atoms with Gasteiger partial charge in [-0.05, 0) is 43.2 Å². The smallest absolute Gasteiger partial charge is 0.155 e. The summed E-state index contributed by atoms with van der Waals surface area (Å²) in [5, 5.41) is 5.24. The molecule has 4 rings (SSSR count). The standard InChI is InChI=1S/C18H19ClN4/c1-12-4-5-21-17-15(10-12)14-11-13(19)2-3-16(14)22-18(17)23-8-6-20-7-9-23/h2-5,11,20H,6-10H2,1H3. The number of hydrogen-bond acceptors (Lipinski definition) is 4. The summed E-state index contributed by atoms with van der Waals surface area (Å²) < 4.78 is 0. The highest BCUT2D eigenvalue weighted by molar-refractivity contribution is 6.31. The van der Waals surface area contributed by atoms with Crippen molar-refractivity contribution in [3.05, 3.63) is 40.4 Å². The molecule has 0 unspecified atom stereocenters. The molecule has 0 radical (unpaired) electrons. The van der Waals surface area contributed by atoms with Gasteiger partial charge in [0, 0.05) is 42.8 Å².